The first kappa shape index (κ1) is 31.9. The molecule has 6 rings (SSSR count). The van der Waals surface area contributed by atoms with Crippen molar-refractivity contribution in [2.45, 2.75) is 64.5 Å². The summed E-state index contributed by atoms with van der Waals surface area (Å²) < 4.78 is 5.58. The van der Waals surface area contributed by atoms with Crippen LogP contribution in [0.5, 0.6) is 0 Å². The zero-order valence-electron chi connectivity index (χ0n) is 27.2. The first-order valence-electron chi connectivity index (χ1n) is 16.3. The maximum atomic E-state index is 13.8. The van der Waals surface area contributed by atoms with Crippen LogP contribution in [0.3, 0.4) is 0 Å². The second kappa shape index (κ2) is 13.7. The number of para-hydroxylation sites is 1. The number of ether oxygens (including phenoxy) is 1. The highest BCUT2D eigenvalue weighted by Crippen LogP contribution is 2.26. The number of piperidine rings is 1. The Hall–Kier alpha value is -5.05. The maximum absolute atomic E-state index is 13.8. The van der Waals surface area contributed by atoms with Crippen molar-refractivity contribution >= 4 is 39.6 Å². The smallest absolute Gasteiger partial charge is 0.410 e. The Labute approximate surface area is 274 Å². The van der Waals surface area contributed by atoms with Crippen molar-refractivity contribution in [1.82, 2.24) is 25.2 Å². The van der Waals surface area contributed by atoms with Gasteiger partial charge >= 0.3 is 6.09 Å². The number of hydrogen-bond donors (Lipinski definition) is 2. The number of ketones is 1. The van der Waals surface area contributed by atoms with Gasteiger partial charge in [-0.15, -0.1) is 0 Å². The molecule has 1 aliphatic heterocycles. The van der Waals surface area contributed by atoms with E-state index in [1.165, 1.54) is 0 Å². The largest absolute Gasteiger partial charge is 0.444 e. The van der Waals surface area contributed by atoms with Crippen LogP contribution >= 0.6 is 0 Å². The first-order valence-corrected chi connectivity index (χ1v) is 16.3. The molecule has 3 heterocycles. The number of aromatic nitrogens is 3. The quantitative estimate of drug-likeness (QED) is 0.179. The van der Waals surface area contributed by atoms with Crippen LogP contribution in [-0.4, -0.2) is 62.4 Å². The highest BCUT2D eigenvalue weighted by atomic mass is 16.6. The summed E-state index contributed by atoms with van der Waals surface area (Å²) in [4.78, 5) is 54.7. The molecular formula is C38H41N5O4. The molecule has 1 aliphatic rings. The fourth-order valence-corrected chi connectivity index (χ4v) is 6.19. The minimum Gasteiger partial charge on any atom is -0.444 e. The molecule has 0 radical (unpaired) electrons. The number of hydrogen-bond acceptors (Lipinski definition) is 6. The molecule has 5 aromatic rings. The molecule has 2 N–H and O–H groups in total. The number of benzene rings is 3. The number of imidazole rings is 1. The van der Waals surface area contributed by atoms with E-state index in [4.69, 9.17) is 9.72 Å². The second-order valence-electron chi connectivity index (χ2n) is 13.4. The number of carbonyl (C=O) groups excluding carboxylic acids is 3. The van der Waals surface area contributed by atoms with Gasteiger partial charge in [0.1, 0.15) is 16.8 Å². The lowest BCUT2D eigenvalue weighted by atomic mass is 9.90. The Morgan fingerprint density at radius 3 is 2.55 bits per heavy atom. The predicted molar refractivity (Wildman–Crippen MR) is 183 cm³/mol. The number of rotatable bonds is 9. The SMILES string of the molecule is CC(C)(C)OC(=O)N1CCCC(CCC(=O)[C@H](Cc2ccccc2)NC(=O)c2cccc3[nH]c(-c4cc5ccccc5cn4)nc23)C1. The van der Waals surface area contributed by atoms with Gasteiger partial charge in [-0.3, -0.25) is 14.6 Å². The van der Waals surface area contributed by atoms with Crippen LogP contribution in [0, 0.1) is 5.92 Å². The maximum Gasteiger partial charge on any atom is 0.410 e. The molecule has 9 heteroatoms. The molecule has 0 spiro atoms. The Bertz CT molecular complexity index is 1900. The number of aromatic amines is 1. The molecule has 47 heavy (non-hydrogen) atoms. The van der Waals surface area contributed by atoms with Crippen LogP contribution in [0.4, 0.5) is 4.79 Å². The molecule has 9 nitrogen and oxygen atoms in total. The van der Waals surface area contributed by atoms with Gasteiger partial charge in [0.15, 0.2) is 11.6 Å². The van der Waals surface area contributed by atoms with Crippen molar-refractivity contribution < 1.29 is 19.1 Å². The van der Waals surface area contributed by atoms with E-state index in [2.05, 4.69) is 15.3 Å². The van der Waals surface area contributed by atoms with E-state index in [0.717, 1.165) is 29.2 Å². The van der Waals surface area contributed by atoms with Crippen LogP contribution in [0.1, 0.15) is 62.4 Å². The zero-order valence-corrected chi connectivity index (χ0v) is 27.2. The van der Waals surface area contributed by atoms with Gasteiger partial charge in [-0.2, -0.15) is 0 Å². The average molecular weight is 632 g/mol. The van der Waals surface area contributed by atoms with E-state index in [-0.39, 0.29) is 23.7 Å². The number of likely N-dealkylation sites (tertiary alicyclic amines) is 1. The molecule has 242 valence electrons. The number of H-pyrrole nitrogens is 1. The van der Waals surface area contributed by atoms with Crippen molar-refractivity contribution in [2.24, 2.45) is 5.92 Å². The highest BCUT2D eigenvalue weighted by Gasteiger charge is 2.29. The predicted octanol–water partition coefficient (Wildman–Crippen LogP) is 7.12. The number of Topliss-reactive ketones (excluding diaryl/α,β-unsaturated/α-hetero) is 1. The van der Waals surface area contributed by atoms with Gasteiger partial charge in [0.05, 0.1) is 17.1 Å². The summed E-state index contributed by atoms with van der Waals surface area (Å²) in [6.07, 6.45) is 4.63. The Kier molecular flexibility index (Phi) is 9.33. The normalized spacial score (nSPS) is 15.8. The summed E-state index contributed by atoms with van der Waals surface area (Å²) >= 11 is 0. The summed E-state index contributed by atoms with van der Waals surface area (Å²) in [5, 5.41) is 5.12. The monoisotopic (exact) mass is 631 g/mol. The van der Waals surface area contributed by atoms with E-state index < -0.39 is 11.6 Å². The van der Waals surface area contributed by atoms with Crippen molar-refractivity contribution in [3.8, 4) is 11.5 Å². The van der Waals surface area contributed by atoms with Crippen LogP contribution in [-0.2, 0) is 16.0 Å². The fourth-order valence-electron chi connectivity index (χ4n) is 6.19. The van der Waals surface area contributed by atoms with Gasteiger partial charge in [0.25, 0.3) is 5.91 Å². The summed E-state index contributed by atoms with van der Waals surface area (Å²) in [6.45, 7) is 6.80. The molecule has 1 fully saturated rings. The lowest BCUT2D eigenvalue weighted by molar-refractivity contribution is -0.121. The third kappa shape index (κ3) is 7.85. The zero-order chi connectivity index (χ0) is 33.0. The van der Waals surface area contributed by atoms with Crippen LogP contribution in [0.2, 0.25) is 0 Å². The van der Waals surface area contributed by atoms with Crippen molar-refractivity contribution in [3.05, 3.63) is 96.2 Å². The van der Waals surface area contributed by atoms with Gasteiger partial charge in [-0.1, -0.05) is 60.7 Å². The van der Waals surface area contributed by atoms with Crippen molar-refractivity contribution in [3.63, 3.8) is 0 Å². The minimum atomic E-state index is -0.716. The van der Waals surface area contributed by atoms with Crippen molar-refractivity contribution in [2.75, 3.05) is 13.1 Å². The third-order valence-electron chi connectivity index (χ3n) is 8.58. The van der Waals surface area contributed by atoms with Gasteiger partial charge in [-0.05, 0) is 81.5 Å². The Balaban J connectivity index is 1.18. The minimum absolute atomic E-state index is 0.0353. The van der Waals surface area contributed by atoms with Crippen LogP contribution in [0.25, 0.3) is 33.3 Å². The molecule has 2 aromatic heterocycles. The van der Waals surface area contributed by atoms with Crippen molar-refractivity contribution in [1.29, 1.82) is 0 Å². The van der Waals surface area contributed by atoms with E-state index >= 15 is 0 Å². The molecule has 0 saturated carbocycles. The van der Waals surface area contributed by atoms with Crippen LogP contribution in [0.15, 0.2) is 85.1 Å². The summed E-state index contributed by atoms with van der Waals surface area (Å²) in [5.41, 5.74) is 2.69. The van der Waals surface area contributed by atoms with Gasteiger partial charge in [-0.25, -0.2) is 9.78 Å². The number of nitrogens with one attached hydrogen (secondary N) is 2. The lowest BCUT2D eigenvalue weighted by Gasteiger charge is -2.34. The number of carbonyl (C=O) groups is 3. The molecule has 2 amide bonds. The molecule has 0 bridgehead atoms. The summed E-state index contributed by atoms with van der Waals surface area (Å²) in [6, 6.07) is 24.4. The van der Waals surface area contributed by atoms with Crippen LogP contribution < -0.4 is 5.32 Å². The summed E-state index contributed by atoms with van der Waals surface area (Å²) in [7, 11) is 0. The molecule has 2 atom stereocenters. The second-order valence-corrected chi connectivity index (χ2v) is 13.4. The Morgan fingerprint density at radius 2 is 1.77 bits per heavy atom. The molecule has 0 aliphatic carbocycles. The number of amides is 2. The van der Waals surface area contributed by atoms with Gasteiger partial charge in [0, 0.05) is 31.1 Å². The lowest BCUT2D eigenvalue weighted by Crippen LogP contribution is -2.44. The molecular weight excluding hydrogens is 590 g/mol. The standard InChI is InChI=1S/C38H41N5O4/c1-38(2,3)47-37(46)43-20-10-13-26(24-43)18-19-33(44)31(21-25-11-5-4-6-12-25)41-36(45)29-16-9-17-30-34(29)42-35(40-30)32-22-27-14-7-8-15-28(27)23-39-32/h4-9,11-12,14-17,22-23,26,31H,10,13,18-21,24H2,1-3H3,(H,40,42)(H,41,45)/t26?,31-/m0/s1. The topological polar surface area (TPSA) is 117 Å². The molecule has 1 unspecified atom stereocenters. The van der Waals surface area contributed by atoms with E-state index in [0.29, 0.717) is 60.5 Å². The number of nitrogens with zero attached hydrogens (tertiary/aromatic N) is 3. The Morgan fingerprint density at radius 1 is 1.00 bits per heavy atom. The first-order chi connectivity index (χ1) is 22.6. The van der Waals surface area contributed by atoms with Gasteiger partial charge < -0.3 is 19.9 Å². The van der Waals surface area contributed by atoms with Gasteiger partial charge in [0.2, 0.25) is 0 Å². The highest BCUT2D eigenvalue weighted by molar-refractivity contribution is 6.07. The third-order valence-corrected chi connectivity index (χ3v) is 8.58. The van der Waals surface area contributed by atoms with E-state index in [9.17, 15) is 14.4 Å². The number of fused-ring (bicyclic) bond motifs is 2. The fraction of sp³-hybridized carbons (Fsp3) is 0.342. The summed E-state index contributed by atoms with van der Waals surface area (Å²) in [5.74, 6) is 0.360. The number of pyridine rings is 1. The molecule has 3 aromatic carbocycles. The van der Waals surface area contributed by atoms with E-state index in [1.807, 2.05) is 93.7 Å². The average Bonchev–Trinajstić information content (AvgIpc) is 3.51. The molecule has 1 saturated heterocycles. The van der Waals surface area contributed by atoms with E-state index in [1.54, 1.807) is 17.0 Å².